The van der Waals surface area contributed by atoms with E-state index in [1.165, 1.54) is 6.07 Å². The van der Waals surface area contributed by atoms with E-state index in [1.807, 2.05) is 12.1 Å². The van der Waals surface area contributed by atoms with E-state index in [0.29, 0.717) is 5.56 Å². The van der Waals surface area contributed by atoms with Crippen LogP contribution >= 0.6 is 0 Å². The van der Waals surface area contributed by atoms with Crippen molar-refractivity contribution in [3.05, 3.63) is 54.5 Å². The van der Waals surface area contributed by atoms with Crippen molar-refractivity contribution >= 4 is 10.1 Å². The summed E-state index contributed by atoms with van der Waals surface area (Å²) in [4.78, 5) is -0.0278. The third-order valence-electron chi connectivity index (χ3n) is 1.80. The van der Waals surface area contributed by atoms with E-state index in [9.17, 15) is 8.42 Å². The van der Waals surface area contributed by atoms with Gasteiger partial charge in [-0.2, -0.15) is 8.42 Å². The van der Waals surface area contributed by atoms with Gasteiger partial charge in [0.15, 0.2) is 0 Å². The number of hydrogen-bond acceptors (Lipinski definition) is 3. The smallest absolute Gasteiger partial charge is 0.294 e. The average molecular weight is 240 g/mol. The Morgan fingerprint density at radius 1 is 1.06 bits per heavy atom. The van der Waals surface area contributed by atoms with Crippen LogP contribution in [-0.4, -0.2) is 13.0 Å². The molecule has 0 aliphatic heterocycles. The maximum atomic E-state index is 10.6. The first kappa shape index (κ1) is 12.5. The second kappa shape index (κ2) is 5.48. The average Bonchev–Trinajstić information content (AvgIpc) is 2.74. The van der Waals surface area contributed by atoms with Gasteiger partial charge in [-0.3, -0.25) is 4.55 Å². The summed E-state index contributed by atoms with van der Waals surface area (Å²) in [6.07, 6.45) is 3.25. The van der Waals surface area contributed by atoms with Crippen LogP contribution in [0.5, 0.6) is 0 Å². The lowest BCUT2D eigenvalue weighted by Crippen LogP contribution is -1.99. The van der Waals surface area contributed by atoms with E-state index in [0.717, 1.165) is 0 Å². The van der Waals surface area contributed by atoms with Gasteiger partial charge in [0.25, 0.3) is 10.1 Å². The monoisotopic (exact) mass is 240 g/mol. The molecule has 0 aliphatic rings. The van der Waals surface area contributed by atoms with Gasteiger partial charge in [-0.25, -0.2) is 0 Å². The van der Waals surface area contributed by atoms with E-state index < -0.39 is 10.1 Å². The van der Waals surface area contributed by atoms with Crippen molar-refractivity contribution in [1.82, 2.24) is 0 Å². The summed E-state index contributed by atoms with van der Waals surface area (Å²) >= 11 is 0. The Balaban J connectivity index is 0.000000212. The van der Waals surface area contributed by atoms with Crippen molar-refractivity contribution in [2.24, 2.45) is 0 Å². The van der Waals surface area contributed by atoms with Crippen molar-refractivity contribution in [2.75, 3.05) is 0 Å². The van der Waals surface area contributed by atoms with Crippen molar-refractivity contribution in [2.45, 2.75) is 11.8 Å². The van der Waals surface area contributed by atoms with Gasteiger partial charge in [0.1, 0.15) is 0 Å². The highest BCUT2D eigenvalue weighted by molar-refractivity contribution is 7.85. The van der Waals surface area contributed by atoms with Gasteiger partial charge >= 0.3 is 0 Å². The number of hydrogen-bond donors (Lipinski definition) is 1. The molecule has 0 spiro atoms. The minimum atomic E-state index is -4.03. The molecule has 1 aromatic heterocycles. The standard InChI is InChI=1S/C7H8O3S.C4H4O/c1-6-4-2-3-5-7(6)11(8,9)10;1-2-4-5-3-1/h2-5H,1H3,(H,8,9,10);1-4H. The lowest BCUT2D eigenvalue weighted by Gasteiger charge is -1.99. The molecule has 2 aromatic rings. The van der Waals surface area contributed by atoms with E-state index >= 15 is 0 Å². The molecule has 0 saturated carbocycles. The Morgan fingerprint density at radius 3 is 1.94 bits per heavy atom. The molecule has 1 heterocycles. The van der Waals surface area contributed by atoms with Gasteiger partial charge in [0, 0.05) is 0 Å². The Hall–Kier alpha value is -1.59. The fraction of sp³-hybridized carbons (Fsp3) is 0.0909. The lowest BCUT2D eigenvalue weighted by molar-refractivity contribution is 0.482. The van der Waals surface area contributed by atoms with Crippen molar-refractivity contribution in [3.8, 4) is 0 Å². The van der Waals surface area contributed by atoms with E-state index in [1.54, 1.807) is 37.6 Å². The molecule has 0 unspecified atom stereocenters. The van der Waals surface area contributed by atoms with Crippen LogP contribution in [0.3, 0.4) is 0 Å². The fourth-order valence-electron chi connectivity index (χ4n) is 1.07. The molecule has 86 valence electrons. The predicted molar refractivity (Wildman–Crippen MR) is 59.7 cm³/mol. The maximum Gasteiger partial charge on any atom is 0.294 e. The fourth-order valence-corrected chi connectivity index (χ4v) is 1.80. The molecule has 4 nitrogen and oxygen atoms in total. The summed E-state index contributed by atoms with van der Waals surface area (Å²) in [5.41, 5.74) is 0.551. The largest absolute Gasteiger partial charge is 0.473 e. The Labute approximate surface area is 94.3 Å². The zero-order chi connectivity index (χ0) is 12.0. The highest BCUT2D eigenvalue weighted by Crippen LogP contribution is 2.12. The molecule has 5 heteroatoms. The zero-order valence-electron chi connectivity index (χ0n) is 8.70. The normalized spacial score (nSPS) is 10.4. The molecule has 0 aliphatic carbocycles. The highest BCUT2D eigenvalue weighted by Gasteiger charge is 2.10. The van der Waals surface area contributed by atoms with Gasteiger partial charge in [0.05, 0.1) is 17.4 Å². The van der Waals surface area contributed by atoms with Crippen LogP contribution in [0.25, 0.3) is 0 Å². The topological polar surface area (TPSA) is 67.5 Å². The first-order valence-corrected chi connectivity index (χ1v) is 5.96. The van der Waals surface area contributed by atoms with Crippen molar-refractivity contribution in [1.29, 1.82) is 0 Å². The molecular weight excluding hydrogens is 228 g/mol. The Kier molecular flexibility index (Phi) is 4.28. The Bertz CT molecular complexity index is 497. The molecule has 0 amide bonds. The molecule has 1 N–H and O–H groups in total. The lowest BCUT2D eigenvalue weighted by atomic mass is 10.2. The molecule has 2 rings (SSSR count). The van der Waals surface area contributed by atoms with Gasteiger partial charge in [-0.1, -0.05) is 18.2 Å². The van der Waals surface area contributed by atoms with Crippen LogP contribution in [0.1, 0.15) is 5.56 Å². The quantitative estimate of drug-likeness (QED) is 0.778. The van der Waals surface area contributed by atoms with Crippen LogP contribution in [0.15, 0.2) is 58.2 Å². The molecular formula is C11H12O4S. The van der Waals surface area contributed by atoms with Crippen LogP contribution < -0.4 is 0 Å². The zero-order valence-corrected chi connectivity index (χ0v) is 9.52. The first-order chi connectivity index (χ1) is 7.52. The van der Waals surface area contributed by atoms with E-state index in [-0.39, 0.29) is 4.90 Å². The number of benzene rings is 1. The number of rotatable bonds is 1. The molecule has 0 radical (unpaired) electrons. The molecule has 0 atom stereocenters. The van der Waals surface area contributed by atoms with Gasteiger partial charge in [-0.05, 0) is 30.7 Å². The Morgan fingerprint density at radius 2 is 1.62 bits per heavy atom. The summed E-state index contributed by atoms with van der Waals surface area (Å²) in [6.45, 7) is 1.63. The molecule has 0 saturated heterocycles. The molecule has 1 aromatic carbocycles. The highest BCUT2D eigenvalue weighted by atomic mass is 32.2. The van der Waals surface area contributed by atoms with Crippen LogP contribution in [-0.2, 0) is 10.1 Å². The predicted octanol–water partition coefficient (Wildman–Crippen LogP) is 2.52. The van der Waals surface area contributed by atoms with E-state index in [4.69, 9.17) is 4.55 Å². The summed E-state index contributed by atoms with van der Waals surface area (Å²) < 4.78 is 34.4. The maximum absolute atomic E-state index is 10.6. The van der Waals surface area contributed by atoms with Gasteiger partial charge < -0.3 is 4.42 Å². The van der Waals surface area contributed by atoms with Crippen LogP contribution in [0.2, 0.25) is 0 Å². The SMILES string of the molecule is Cc1ccccc1S(=O)(=O)O.c1ccoc1. The van der Waals surface area contributed by atoms with Gasteiger partial charge in [0.2, 0.25) is 0 Å². The van der Waals surface area contributed by atoms with Crippen molar-refractivity contribution < 1.29 is 17.4 Å². The third kappa shape index (κ3) is 3.88. The van der Waals surface area contributed by atoms with Gasteiger partial charge in [-0.15, -0.1) is 0 Å². The minimum absolute atomic E-state index is 0.0278. The van der Waals surface area contributed by atoms with Crippen LogP contribution in [0.4, 0.5) is 0 Å². The van der Waals surface area contributed by atoms with E-state index in [2.05, 4.69) is 4.42 Å². The second-order valence-corrected chi connectivity index (χ2v) is 4.42. The number of furan rings is 1. The summed E-state index contributed by atoms with van der Waals surface area (Å²) in [5, 5.41) is 0. The summed E-state index contributed by atoms with van der Waals surface area (Å²) in [5.74, 6) is 0. The number of aryl methyl sites for hydroxylation is 1. The minimum Gasteiger partial charge on any atom is -0.473 e. The summed E-state index contributed by atoms with van der Waals surface area (Å²) in [6, 6.07) is 9.94. The summed E-state index contributed by atoms with van der Waals surface area (Å²) in [7, 11) is -4.03. The third-order valence-corrected chi connectivity index (χ3v) is 2.81. The molecule has 0 fully saturated rings. The first-order valence-electron chi connectivity index (χ1n) is 4.52. The second-order valence-electron chi connectivity index (χ2n) is 3.03. The van der Waals surface area contributed by atoms with Crippen LogP contribution in [0, 0.1) is 6.92 Å². The molecule has 0 bridgehead atoms. The molecule has 16 heavy (non-hydrogen) atoms. The van der Waals surface area contributed by atoms with Crippen molar-refractivity contribution in [3.63, 3.8) is 0 Å².